The molecule has 94 heavy (non-hydrogen) atoms. The van der Waals surface area contributed by atoms with E-state index in [0.717, 1.165) is 102 Å². The van der Waals surface area contributed by atoms with E-state index in [0.29, 0.717) is 31.6 Å². The Bertz CT molecular complexity index is 1820. The summed E-state index contributed by atoms with van der Waals surface area (Å²) in [5, 5.41) is 10.6. The van der Waals surface area contributed by atoms with Gasteiger partial charge in [0, 0.05) is 25.7 Å². The molecule has 0 amide bonds. The van der Waals surface area contributed by atoms with Crippen LogP contribution in [0.2, 0.25) is 0 Å². The number of ether oxygens (including phenoxy) is 4. The van der Waals surface area contributed by atoms with Crippen LogP contribution in [0.25, 0.3) is 0 Å². The lowest BCUT2D eigenvalue weighted by atomic mass is 9.99. The van der Waals surface area contributed by atoms with E-state index in [1.54, 1.807) is 0 Å². The first kappa shape index (κ1) is 92.1. The van der Waals surface area contributed by atoms with Gasteiger partial charge in [-0.25, -0.2) is 9.13 Å². The summed E-state index contributed by atoms with van der Waals surface area (Å²) >= 11 is 0. The van der Waals surface area contributed by atoms with Crippen LogP contribution in [0.4, 0.5) is 0 Å². The lowest BCUT2D eigenvalue weighted by molar-refractivity contribution is -0.161. The number of phosphoric acid groups is 2. The highest BCUT2D eigenvalue weighted by atomic mass is 31.2. The number of aliphatic hydroxyl groups is 1. The Balaban J connectivity index is 5.18. The highest BCUT2D eigenvalue weighted by Gasteiger charge is 2.30. The van der Waals surface area contributed by atoms with Gasteiger partial charge in [0.1, 0.15) is 19.3 Å². The Morgan fingerprint density at radius 2 is 0.543 bits per heavy atom. The summed E-state index contributed by atoms with van der Waals surface area (Å²) in [6, 6.07) is 0. The number of rotatable bonds is 74. The minimum Gasteiger partial charge on any atom is -0.462 e. The molecular formula is C75H146O17P2. The maximum Gasteiger partial charge on any atom is 0.472 e. The van der Waals surface area contributed by atoms with Crippen molar-refractivity contribution in [2.45, 2.75) is 407 Å². The van der Waals surface area contributed by atoms with Gasteiger partial charge in [-0.05, 0) is 37.5 Å². The minimum atomic E-state index is -4.96. The van der Waals surface area contributed by atoms with E-state index in [1.165, 1.54) is 199 Å². The number of hydrogen-bond donors (Lipinski definition) is 3. The molecular weight excluding hydrogens is 1230 g/mol. The van der Waals surface area contributed by atoms with E-state index in [2.05, 4.69) is 41.5 Å². The minimum absolute atomic E-state index is 0.106. The number of phosphoric ester groups is 2. The first-order valence-corrected chi connectivity index (χ1v) is 42.0. The van der Waals surface area contributed by atoms with Crippen LogP contribution in [0.3, 0.4) is 0 Å². The molecule has 0 heterocycles. The van der Waals surface area contributed by atoms with Gasteiger partial charge >= 0.3 is 39.5 Å². The third-order valence-electron chi connectivity index (χ3n) is 17.8. The van der Waals surface area contributed by atoms with Crippen LogP contribution in [0.15, 0.2) is 0 Å². The average molecular weight is 1380 g/mol. The van der Waals surface area contributed by atoms with Crippen molar-refractivity contribution >= 4 is 39.5 Å². The Kier molecular flexibility index (Phi) is 65.5. The van der Waals surface area contributed by atoms with E-state index in [-0.39, 0.29) is 25.7 Å². The van der Waals surface area contributed by atoms with Crippen LogP contribution in [0.1, 0.15) is 388 Å². The molecule has 19 heteroatoms. The van der Waals surface area contributed by atoms with Crippen molar-refractivity contribution in [1.29, 1.82) is 0 Å². The quantitative estimate of drug-likeness (QED) is 0.0222. The molecule has 0 aliphatic rings. The summed E-state index contributed by atoms with van der Waals surface area (Å²) < 4.78 is 68.4. The van der Waals surface area contributed by atoms with Gasteiger partial charge in [0.15, 0.2) is 12.2 Å². The topological polar surface area (TPSA) is 237 Å². The van der Waals surface area contributed by atoms with Crippen molar-refractivity contribution in [3.63, 3.8) is 0 Å². The van der Waals surface area contributed by atoms with Crippen molar-refractivity contribution in [3.8, 4) is 0 Å². The lowest BCUT2D eigenvalue weighted by Crippen LogP contribution is -2.30. The predicted octanol–water partition coefficient (Wildman–Crippen LogP) is 21.9. The van der Waals surface area contributed by atoms with Crippen molar-refractivity contribution in [2.75, 3.05) is 39.6 Å². The smallest absolute Gasteiger partial charge is 0.462 e. The number of hydrogen-bond acceptors (Lipinski definition) is 15. The zero-order valence-corrected chi connectivity index (χ0v) is 63.1. The van der Waals surface area contributed by atoms with Crippen molar-refractivity contribution in [1.82, 2.24) is 0 Å². The molecule has 3 N–H and O–H groups in total. The molecule has 17 nitrogen and oxygen atoms in total. The summed E-state index contributed by atoms with van der Waals surface area (Å²) in [5.41, 5.74) is 0. The molecule has 0 bridgehead atoms. The molecule has 0 aromatic rings. The molecule has 0 saturated carbocycles. The molecule has 0 fully saturated rings. The zero-order chi connectivity index (χ0) is 69.3. The second kappa shape index (κ2) is 66.9. The molecule has 0 aromatic carbocycles. The average Bonchev–Trinajstić information content (AvgIpc) is 2.65. The van der Waals surface area contributed by atoms with Gasteiger partial charge in [-0.15, -0.1) is 0 Å². The van der Waals surface area contributed by atoms with Crippen molar-refractivity contribution in [2.24, 2.45) is 11.8 Å². The Labute approximate surface area is 575 Å². The normalized spacial score (nSPS) is 14.3. The van der Waals surface area contributed by atoms with E-state index < -0.39 is 97.5 Å². The van der Waals surface area contributed by atoms with Gasteiger partial charge in [-0.3, -0.25) is 37.3 Å². The molecule has 0 aromatic heterocycles. The fourth-order valence-corrected chi connectivity index (χ4v) is 13.0. The van der Waals surface area contributed by atoms with Crippen LogP contribution in [-0.4, -0.2) is 96.7 Å². The van der Waals surface area contributed by atoms with Crippen molar-refractivity contribution in [3.05, 3.63) is 0 Å². The van der Waals surface area contributed by atoms with Crippen LogP contribution in [-0.2, 0) is 65.4 Å². The number of unbranched alkanes of at least 4 members (excludes halogenated alkanes) is 43. The number of aliphatic hydroxyl groups excluding tert-OH is 1. The highest BCUT2D eigenvalue weighted by molar-refractivity contribution is 7.47. The van der Waals surface area contributed by atoms with Crippen LogP contribution in [0, 0.1) is 11.8 Å². The molecule has 0 spiro atoms. The second-order valence-corrected chi connectivity index (χ2v) is 30.7. The van der Waals surface area contributed by atoms with Gasteiger partial charge in [0.25, 0.3) is 0 Å². The first-order valence-electron chi connectivity index (χ1n) is 39.0. The van der Waals surface area contributed by atoms with Gasteiger partial charge < -0.3 is 33.8 Å². The third-order valence-corrected chi connectivity index (χ3v) is 19.7. The third kappa shape index (κ3) is 67.3. The van der Waals surface area contributed by atoms with E-state index in [1.807, 2.05) is 0 Å². The summed E-state index contributed by atoms with van der Waals surface area (Å²) in [7, 11) is -9.91. The number of carbonyl (C=O) groups is 4. The molecule has 0 aliphatic carbocycles. The summed E-state index contributed by atoms with van der Waals surface area (Å²) in [6.45, 7) is 9.50. The van der Waals surface area contributed by atoms with E-state index in [4.69, 9.17) is 37.0 Å². The summed E-state index contributed by atoms with van der Waals surface area (Å²) in [5.74, 6) is -0.663. The predicted molar refractivity (Wildman–Crippen MR) is 381 cm³/mol. The van der Waals surface area contributed by atoms with E-state index >= 15 is 0 Å². The van der Waals surface area contributed by atoms with Crippen LogP contribution in [0.5, 0.6) is 0 Å². The SMILES string of the molecule is CCCCCCCCCCCCCCCCCCCCCCCC(=O)O[C@H](COC(=O)CCCCCCCCCCC(C)CC)COP(=O)(O)OC[C@@H](O)COP(=O)(O)OC[C@@H](COC(=O)CCCCCCCCC(C)C)OC(=O)CCCCCCCCCCCCCC. The van der Waals surface area contributed by atoms with Gasteiger partial charge in [0.05, 0.1) is 26.4 Å². The lowest BCUT2D eigenvalue weighted by Gasteiger charge is -2.21. The molecule has 3 unspecified atom stereocenters. The Morgan fingerprint density at radius 3 is 0.809 bits per heavy atom. The van der Waals surface area contributed by atoms with Crippen molar-refractivity contribution < 1.29 is 80.2 Å². The van der Waals surface area contributed by atoms with Crippen LogP contribution >= 0.6 is 15.6 Å². The van der Waals surface area contributed by atoms with E-state index in [9.17, 15) is 43.2 Å². The monoisotopic (exact) mass is 1380 g/mol. The largest absolute Gasteiger partial charge is 0.472 e. The Morgan fingerprint density at radius 1 is 0.309 bits per heavy atom. The fraction of sp³-hybridized carbons (Fsp3) is 0.947. The first-order chi connectivity index (χ1) is 45.4. The molecule has 0 rings (SSSR count). The maximum atomic E-state index is 13.1. The van der Waals surface area contributed by atoms with Gasteiger partial charge in [-0.2, -0.15) is 0 Å². The molecule has 0 radical (unpaired) electrons. The summed E-state index contributed by atoms with van der Waals surface area (Å²) in [6.07, 6.45) is 54.3. The maximum absolute atomic E-state index is 13.1. The molecule has 6 atom stereocenters. The van der Waals surface area contributed by atoms with Gasteiger partial charge in [0.2, 0.25) is 0 Å². The Hall–Kier alpha value is -1.94. The van der Waals surface area contributed by atoms with Gasteiger partial charge in [-0.1, -0.05) is 337 Å². The molecule has 0 aliphatic heterocycles. The molecule has 558 valence electrons. The summed E-state index contributed by atoms with van der Waals surface area (Å²) in [4.78, 5) is 72.7. The second-order valence-electron chi connectivity index (χ2n) is 27.8. The fourth-order valence-electron chi connectivity index (χ4n) is 11.4. The van der Waals surface area contributed by atoms with Crippen LogP contribution < -0.4 is 0 Å². The zero-order valence-electron chi connectivity index (χ0n) is 61.3. The molecule has 0 saturated heterocycles. The standard InChI is InChI=1S/C75H146O17P2/c1-7-10-12-14-16-18-20-22-23-24-25-26-27-28-29-30-32-34-40-48-54-60-75(80)91-70(63-85-72(77)57-51-45-38-36-35-37-44-50-56-68(6)9-3)65-89-93(81,82)87-61-69(76)62-88-94(83,84)90-66-71(64-86-73(78)58-52-46-42-41-43-49-55-67(4)5)92-74(79)59-53-47-39-33-31-21-19-17-15-13-11-8-2/h67-71,76H,7-66H2,1-6H3,(H,81,82)(H,83,84)/t68?,69-,70-,71-/m1/s1. The highest BCUT2D eigenvalue weighted by Crippen LogP contribution is 2.45. The number of carbonyl (C=O) groups excluding carboxylic acids is 4. The number of esters is 4.